The summed E-state index contributed by atoms with van der Waals surface area (Å²) in [5.41, 5.74) is 4.25. The summed E-state index contributed by atoms with van der Waals surface area (Å²) in [5.74, 6) is 0.445. The maximum atomic E-state index is 13.0. The average molecular weight is 479 g/mol. The number of ketones is 1. The molecule has 2 aliphatic heterocycles. The van der Waals surface area contributed by atoms with Gasteiger partial charge in [0.25, 0.3) is 0 Å². The quantitative estimate of drug-likeness (QED) is 0.506. The Bertz CT molecular complexity index is 1060. The lowest BCUT2D eigenvalue weighted by Gasteiger charge is -2.43. The summed E-state index contributed by atoms with van der Waals surface area (Å²) in [6, 6.07) is 10.5. The van der Waals surface area contributed by atoms with E-state index in [4.69, 9.17) is 4.74 Å². The Labute approximate surface area is 208 Å². The summed E-state index contributed by atoms with van der Waals surface area (Å²) in [4.78, 5) is 31.5. The first kappa shape index (κ1) is 25.3. The first-order valence-electron chi connectivity index (χ1n) is 12.7. The molecular weight excluding hydrogens is 440 g/mol. The van der Waals surface area contributed by atoms with Crippen molar-refractivity contribution in [2.75, 3.05) is 45.2 Å². The zero-order valence-electron chi connectivity index (χ0n) is 21.4. The van der Waals surface area contributed by atoms with Gasteiger partial charge in [-0.15, -0.1) is 0 Å². The van der Waals surface area contributed by atoms with Gasteiger partial charge < -0.3 is 20.3 Å². The van der Waals surface area contributed by atoms with Crippen LogP contribution in [0.15, 0.2) is 36.5 Å². The Balaban J connectivity index is 1.52. The minimum Gasteiger partial charge on any atom is -0.376 e. The van der Waals surface area contributed by atoms with Crippen LogP contribution in [0.25, 0.3) is 11.1 Å². The molecule has 1 aromatic carbocycles. The fourth-order valence-electron chi connectivity index (χ4n) is 4.71. The second-order valence-electron chi connectivity index (χ2n) is 10.4. The minimum absolute atomic E-state index is 0.0227. The predicted octanol–water partition coefficient (Wildman–Crippen LogP) is 3.79. The number of likely N-dealkylation sites (tertiary alicyclic amines) is 1. The van der Waals surface area contributed by atoms with Gasteiger partial charge in [0.05, 0.1) is 24.4 Å². The summed E-state index contributed by atoms with van der Waals surface area (Å²) in [6.45, 7) is 9.35. The number of carbonyl (C=O) groups is 2. The van der Waals surface area contributed by atoms with Crippen molar-refractivity contribution in [2.45, 2.75) is 45.6 Å². The molecule has 188 valence electrons. The normalized spacial score (nSPS) is 19.5. The van der Waals surface area contributed by atoms with E-state index in [9.17, 15) is 9.59 Å². The number of nitrogens with one attached hydrogen (secondary N) is 2. The number of aromatic nitrogens is 1. The molecule has 0 spiro atoms. The molecule has 0 saturated carbocycles. The second kappa shape index (κ2) is 10.9. The first-order valence-corrected chi connectivity index (χ1v) is 12.7. The maximum absolute atomic E-state index is 13.0. The van der Waals surface area contributed by atoms with Gasteiger partial charge in [-0.3, -0.25) is 14.6 Å². The van der Waals surface area contributed by atoms with E-state index >= 15 is 0 Å². The van der Waals surface area contributed by atoms with E-state index < -0.39 is 0 Å². The van der Waals surface area contributed by atoms with E-state index in [0.29, 0.717) is 37.8 Å². The van der Waals surface area contributed by atoms with Crippen molar-refractivity contribution in [1.29, 1.82) is 0 Å². The highest BCUT2D eigenvalue weighted by Gasteiger charge is 2.39. The Morgan fingerprint density at radius 1 is 1.26 bits per heavy atom. The van der Waals surface area contributed by atoms with E-state index in [2.05, 4.69) is 46.8 Å². The molecule has 1 amide bonds. The number of aryl methyl sites for hydroxylation is 1. The largest absolute Gasteiger partial charge is 0.376 e. The van der Waals surface area contributed by atoms with E-state index in [-0.39, 0.29) is 23.1 Å². The molecule has 0 aliphatic carbocycles. The van der Waals surface area contributed by atoms with Crippen LogP contribution < -0.4 is 10.6 Å². The Morgan fingerprint density at radius 2 is 2.06 bits per heavy atom. The molecule has 2 aliphatic rings. The summed E-state index contributed by atoms with van der Waals surface area (Å²) >= 11 is 0. The molecule has 4 rings (SSSR count). The summed E-state index contributed by atoms with van der Waals surface area (Å²) in [7, 11) is 1.87. The zero-order valence-corrected chi connectivity index (χ0v) is 21.4. The monoisotopic (exact) mass is 478 g/mol. The third kappa shape index (κ3) is 5.90. The van der Waals surface area contributed by atoms with Gasteiger partial charge >= 0.3 is 0 Å². The van der Waals surface area contributed by atoms with Gasteiger partial charge in [-0.25, -0.2) is 0 Å². The fraction of sp³-hybridized carbons (Fsp3) is 0.536. The Kier molecular flexibility index (Phi) is 7.87. The number of benzene rings is 1. The minimum atomic E-state index is -0.312. The molecule has 7 nitrogen and oxygen atoms in total. The SMILES string of the molecule is CCc1cccc(-c2cnc(C(=O)C(C)C)c(NC3(CNCC4CCN(C)C(=O)C4)COC3)c2)c1. The zero-order chi connectivity index (χ0) is 25.0. The van der Waals surface area contributed by atoms with Crippen LogP contribution in [0, 0.1) is 11.8 Å². The van der Waals surface area contributed by atoms with Crippen LogP contribution >= 0.6 is 0 Å². The van der Waals surface area contributed by atoms with Crippen LogP contribution in [0.4, 0.5) is 5.69 Å². The van der Waals surface area contributed by atoms with Crippen LogP contribution in [0.1, 0.15) is 49.7 Å². The molecule has 1 atom stereocenters. The molecule has 0 bridgehead atoms. The van der Waals surface area contributed by atoms with Crippen molar-refractivity contribution in [2.24, 2.45) is 11.8 Å². The van der Waals surface area contributed by atoms with Crippen molar-refractivity contribution in [1.82, 2.24) is 15.2 Å². The van der Waals surface area contributed by atoms with Crippen LogP contribution in [-0.4, -0.2) is 67.0 Å². The molecule has 1 aromatic heterocycles. The van der Waals surface area contributed by atoms with Gasteiger partial charge in [0.2, 0.25) is 5.91 Å². The van der Waals surface area contributed by atoms with Crippen LogP contribution in [0.2, 0.25) is 0 Å². The number of piperidine rings is 1. The molecule has 7 heteroatoms. The van der Waals surface area contributed by atoms with Gasteiger partial charge in [0.1, 0.15) is 5.69 Å². The lowest BCUT2D eigenvalue weighted by molar-refractivity contribution is -0.133. The number of nitrogens with zero attached hydrogens (tertiary/aromatic N) is 2. The molecule has 2 aromatic rings. The number of pyridine rings is 1. The number of rotatable bonds is 10. The second-order valence-corrected chi connectivity index (χ2v) is 10.4. The van der Waals surface area contributed by atoms with Gasteiger partial charge in [-0.2, -0.15) is 0 Å². The van der Waals surface area contributed by atoms with Crippen molar-refractivity contribution in [3.8, 4) is 11.1 Å². The standard InChI is InChI=1S/C28H38N4O3/c1-5-20-7-6-8-22(11-20)23-13-24(26(30-15-23)27(34)19(2)3)31-28(17-35-18-28)16-29-14-21-9-10-32(4)25(33)12-21/h6-8,11,13,15,19,21,29,31H,5,9-10,12,14,16-18H2,1-4H3. The smallest absolute Gasteiger partial charge is 0.222 e. The molecular formula is C28H38N4O3. The number of Topliss-reactive ketones (excluding diaryl/α,β-unsaturated/α-hetero) is 1. The number of ether oxygens (including phenoxy) is 1. The highest BCUT2D eigenvalue weighted by atomic mass is 16.5. The molecule has 1 unspecified atom stereocenters. The number of hydrogen-bond acceptors (Lipinski definition) is 6. The summed E-state index contributed by atoms with van der Waals surface area (Å²) < 4.78 is 5.61. The number of anilines is 1. The fourth-order valence-corrected chi connectivity index (χ4v) is 4.71. The lowest BCUT2D eigenvalue weighted by Crippen LogP contribution is -2.62. The highest BCUT2D eigenvalue weighted by molar-refractivity contribution is 6.01. The first-order chi connectivity index (χ1) is 16.8. The molecule has 0 radical (unpaired) electrons. The molecule has 2 fully saturated rings. The highest BCUT2D eigenvalue weighted by Crippen LogP contribution is 2.30. The van der Waals surface area contributed by atoms with Gasteiger partial charge in [0.15, 0.2) is 5.78 Å². The van der Waals surface area contributed by atoms with Gasteiger partial charge in [-0.1, -0.05) is 45.0 Å². The Hall–Kier alpha value is -2.77. The molecule has 2 saturated heterocycles. The van der Waals surface area contributed by atoms with E-state index in [0.717, 1.165) is 42.7 Å². The average Bonchev–Trinajstić information content (AvgIpc) is 2.84. The Morgan fingerprint density at radius 3 is 2.71 bits per heavy atom. The summed E-state index contributed by atoms with van der Waals surface area (Å²) in [6.07, 6.45) is 4.37. The number of amides is 1. The topological polar surface area (TPSA) is 83.6 Å². The number of hydrogen-bond donors (Lipinski definition) is 2. The predicted molar refractivity (Wildman–Crippen MR) is 139 cm³/mol. The van der Waals surface area contributed by atoms with Crippen molar-refractivity contribution >= 4 is 17.4 Å². The maximum Gasteiger partial charge on any atom is 0.222 e. The van der Waals surface area contributed by atoms with E-state index in [1.165, 1.54) is 5.56 Å². The molecule has 35 heavy (non-hydrogen) atoms. The third-order valence-corrected chi connectivity index (χ3v) is 7.13. The molecule has 3 heterocycles. The van der Waals surface area contributed by atoms with Gasteiger partial charge in [0, 0.05) is 44.2 Å². The van der Waals surface area contributed by atoms with Crippen LogP contribution in [-0.2, 0) is 16.0 Å². The van der Waals surface area contributed by atoms with Crippen molar-refractivity contribution in [3.05, 3.63) is 47.8 Å². The number of carbonyl (C=O) groups excluding carboxylic acids is 2. The molecule has 2 N–H and O–H groups in total. The van der Waals surface area contributed by atoms with E-state index in [1.807, 2.05) is 31.9 Å². The van der Waals surface area contributed by atoms with Crippen LogP contribution in [0.3, 0.4) is 0 Å². The summed E-state index contributed by atoms with van der Waals surface area (Å²) in [5, 5.41) is 7.21. The third-order valence-electron chi connectivity index (χ3n) is 7.13. The van der Waals surface area contributed by atoms with Crippen LogP contribution in [0.5, 0.6) is 0 Å². The van der Waals surface area contributed by atoms with E-state index in [1.54, 1.807) is 6.20 Å². The van der Waals surface area contributed by atoms with Crippen molar-refractivity contribution in [3.63, 3.8) is 0 Å². The van der Waals surface area contributed by atoms with Crippen molar-refractivity contribution < 1.29 is 14.3 Å². The lowest BCUT2D eigenvalue weighted by atomic mass is 9.93. The van der Waals surface area contributed by atoms with Gasteiger partial charge in [-0.05, 0) is 42.5 Å².